The number of rotatable bonds is 13. The molecule has 2 aliphatic heterocycles. The largest absolute Gasteiger partial charge is 0.383 e. The van der Waals surface area contributed by atoms with E-state index in [0.717, 1.165) is 82.3 Å². The highest BCUT2D eigenvalue weighted by Crippen LogP contribution is 2.49. The normalized spacial score (nSPS) is 18.8. The molecular weight excluding hydrogens is 524 g/mol. The molecule has 1 unspecified atom stereocenters. The Hall–Kier alpha value is -2.71. The Morgan fingerprint density at radius 1 is 1.10 bits per heavy atom. The van der Waals surface area contributed by atoms with Gasteiger partial charge in [-0.15, -0.1) is 0 Å². The number of imidazole rings is 1. The van der Waals surface area contributed by atoms with E-state index >= 15 is 0 Å². The van der Waals surface area contributed by atoms with Crippen molar-refractivity contribution in [1.29, 1.82) is 0 Å². The Morgan fingerprint density at radius 3 is 2.60 bits per heavy atom. The van der Waals surface area contributed by atoms with Gasteiger partial charge in [0.25, 0.3) is 0 Å². The second kappa shape index (κ2) is 13.3. The first-order valence-electron chi connectivity index (χ1n) is 14.5. The molecule has 0 saturated carbocycles. The Kier molecular flexibility index (Phi) is 9.58. The zero-order chi connectivity index (χ0) is 28.0. The molecule has 1 saturated heterocycles. The first-order valence-corrected chi connectivity index (χ1v) is 14.9. The lowest BCUT2D eigenvalue weighted by atomic mass is 9.79. The van der Waals surface area contributed by atoms with E-state index in [2.05, 4.69) is 55.7 Å². The lowest BCUT2D eigenvalue weighted by Gasteiger charge is -2.37. The van der Waals surface area contributed by atoms with Crippen LogP contribution in [0.25, 0.3) is 11.4 Å². The van der Waals surface area contributed by atoms with Crippen LogP contribution < -0.4 is 0 Å². The predicted octanol–water partition coefficient (Wildman–Crippen LogP) is 5.31. The van der Waals surface area contributed by atoms with Gasteiger partial charge in [0.05, 0.1) is 18.8 Å². The highest BCUT2D eigenvalue weighted by Gasteiger charge is 2.45. The van der Waals surface area contributed by atoms with E-state index in [1.54, 1.807) is 7.11 Å². The number of likely N-dealkylation sites (tertiary alicyclic amines) is 1. The summed E-state index contributed by atoms with van der Waals surface area (Å²) in [7, 11) is 1.75. The van der Waals surface area contributed by atoms with Gasteiger partial charge in [-0.25, -0.2) is 4.98 Å². The maximum absolute atomic E-state index is 13.6. The number of amides is 1. The van der Waals surface area contributed by atoms with Crippen molar-refractivity contribution in [1.82, 2.24) is 19.4 Å². The van der Waals surface area contributed by atoms with E-state index in [0.29, 0.717) is 23.8 Å². The third-order valence-electron chi connectivity index (χ3n) is 8.54. The van der Waals surface area contributed by atoms with Crippen LogP contribution >= 0.6 is 11.6 Å². The maximum Gasteiger partial charge on any atom is 0.222 e. The van der Waals surface area contributed by atoms with Crippen molar-refractivity contribution in [2.75, 3.05) is 59.7 Å². The molecule has 214 valence electrons. The number of carbonyl (C=O) groups is 1. The molecule has 0 radical (unpaired) electrons. The molecule has 2 aromatic carbocycles. The van der Waals surface area contributed by atoms with Crippen molar-refractivity contribution < 1.29 is 14.3 Å². The molecule has 3 heterocycles. The number of hydrogen-bond acceptors (Lipinski definition) is 5. The molecule has 0 N–H and O–H groups in total. The molecule has 0 aliphatic carbocycles. The van der Waals surface area contributed by atoms with Crippen LogP contribution in [0.3, 0.4) is 0 Å². The van der Waals surface area contributed by atoms with Gasteiger partial charge in [-0.05, 0) is 55.4 Å². The van der Waals surface area contributed by atoms with Gasteiger partial charge < -0.3 is 18.9 Å². The van der Waals surface area contributed by atoms with Gasteiger partial charge in [0.15, 0.2) is 0 Å². The average Bonchev–Trinajstić information content (AvgIpc) is 3.57. The van der Waals surface area contributed by atoms with Gasteiger partial charge in [-0.3, -0.25) is 9.69 Å². The molecule has 1 atom stereocenters. The predicted molar refractivity (Wildman–Crippen MR) is 159 cm³/mol. The number of benzene rings is 2. The molecule has 2 aliphatic rings. The molecule has 7 nitrogen and oxygen atoms in total. The molecule has 3 aromatic rings. The van der Waals surface area contributed by atoms with E-state index in [1.807, 2.05) is 31.5 Å². The van der Waals surface area contributed by atoms with Crippen LogP contribution in [0.5, 0.6) is 0 Å². The third kappa shape index (κ3) is 5.98. The van der Waals surface area contributed by atoms with Gasteiger partial charge in [0, 0.05) is 75.8 Å². The zero-order valence-corrected chi connectivity index (χ0v) is 24.5. The summed E-state index contributed by atoms with van der Waals surface area (Å²) in [6.45, 7) is 8.72. The van der Waals surface area contributed by atoms with Crippen LogP contribution in [0.15, 0.2) is 60.9 Å². The highest BCUT2D eigenvalue weighted by atomic mass is 35.5. The van der Waals surface area contributed by atoms with E-state index in [4.69, 9.17) is 21.1 Å². The minimum atomic E-state index is -0.497. The smallest absolute Gasteiger partial charge is 0.222 e. The second-order valence-corrected chi connectivity index (χ2v) is 11.3. The number of nitrogens with zero attached hydrogens (tertiary/aromatic N) is 4. The van der Waals surface area contributed by atoms with Crippen molar-refractivity contribution >= 4 is 17.5 Å². The topological polar surface area (TPSA) is 59.8 Å². The minimum Gasteiger partial charge on any atom is -0.383 e. The average molecular weight is 565 g/mol. The van der Waals surface area contributed by atoms with Crippen LogP contribution in [-0.4, -0.2) is 84.9 Å². The lowest BCUT2D eigenvalue weighted by molar-refractivity contribution is -0.133. The molecule has 1 amide bonds. The van der Waals surface area contributed by atoms with E-state index in [9.17, 15) is 4.79 Å². The Morgan fingerprint density at radius 2 is 1.85 bits per heavy atom. The summed E-state index contributed by atoms with van der Waals surface area (Å²) in [6.07, 6.45) is 7.08. The van der Waals surface area contributed by atoms with Gasteiger partial charge in [-0.1, -0.05) is 48.0 Å². The van der Waals surface area contributed by atoms with Gasteiger partial charge in [-0.2, -0.15) is 0 Å². The summed E-state index contributed by atoms with van der Waals surface area (Å²) in [6, 6.07) is 16.5. The number of fused-ring (bicyclic) bond motifs is 3. The fraction of sp³-hybridized carbons (Fsp3) is 0.500. The van der Waals surface area contributed by atoms with Crippen molar-refractivity contribution in [3.63, 3.8) is 0 Å². The van der Waals surface area contributed by atoms with E-state index in [-0.39, 0.29) is 5.91 Å². The molecule has 5 rings (SSSR count). The van der Waals surface area contributed by atoms with Gasteiger partial charge >= 0.3 is 0 Å². The van der Waals surface area contributed by atoms with Crippen molar-refractivity contribution in [3.8, 4) is 11.4 Å². The molecule has 40 heavy (non-hydrogen) atoms. The highest BCUT2D eigenvalue weighted by molar-refractivity contribution is 6.30. The van der Waals surface area contributed by atoms with Gasteiger partial charge in [0.2, 0.25) is 5.91 Å². The Balaban J connectivity index is 1.26. The number of ether oxygens (including phenoxy) is 2. The van der Waals surface area contributed by atoms with Crippen molar-refractivity contribution in [2.24, 2.45) is 5.92 Å². The van der Waals surface area contributed by atoms with Crippen LogP contribution in [0.1, 0.15) is 43.7 Å². The van der Waals surface area contributed by atoms with Crippen LogP contribution in [-0.2, 0) is 19.8 Å². The summed E-state index contributed by atoms with van der Waals surface area (Å²) >= 11 is 6.28. The first kappa shape index (κ1) is 28.8. The number of methoxy groups -OCH3 is 1. The summed E-state index contributed by atoms with van der Waals surface area (Å²) in [5.74, 6) is 1.75. The molecule has 8 heteroatoms. The number of hydrogen-bond donors (Lipinski definition) is 0. The quantitative estimate of drug-likeness (QED) is 0.263. The summed E-state index contributed by atoms with van der Waals surface area (Å²) < 4.78 is 13.2. The van der Waals surface area contributed by atoms with Crippen LogP contribution in [0.2, 0.25) is 5.02 Å². The number of halogens is 1. The monoisotopic (exact) mass is 564 g/mol. The standard InChI is InChI=1S/C32H41ClN4O3/c1-3-40-23-21-35(20-22-39-2)24-25-13-17-36(18-14-25)30(38)12-15-32(26-8-10-27(33)11-9-26)29-7-5-4-6-28(29)31-34-16-19-37(31)32/h4-11,16,19,25H,3,12-15,17-18,20-24H2,1-2H3. The molecule has 0 bridgehead atoms. The molecule has 1 fully saturated rings. The Labute approximate surface area is 243 Å². The summed E-state index contributed by atoms with van der Waals surface area (Å²) in [5.41, 5.74) is 2.94. The SMILES string of the molecule is CCOCCN(CCOC)CC1CCN(C(=O)CCC2(c3ccc(Cl)cc3)c3ccccc3-c3nccn32)CC1. The van der Waals surface area contributed by atoms with Gasteiger partial charge in [0.1, 0.15) is 5.82 Å². The molecular formula is C32H41ClN4O3. The number of aromatic nitrogens is 2. The minimum absolute atomic E-state index is 0.227. The fourth-order valence-electron chi connectivity index (χ4n) is 6.43. The van der Waals surface area contributed by atoms with Crippen LogP contribution in [0.4, 0.5) is 0 Å². The molecule has 0 spiro atoms. The third-order valence-corrected chi connectivity index (χ3v) is 8.79. The van der Waals surface area contributed by atoms with E-state index in [1.165, 1.54) is 5.56 Å². The maximum atomic E-state index is 13.6. The summed E-state index contributed by atoms with van der Waals surface area (Å²) in [4.78, 5) is 22.8. The van der Waals surface area contributed by atoms with E-state index < -0.39 is 5.54 Å². The zero-order valence-electron chi connectivity index (χ0n) is 23.7. The summed E-state index contributed by atoms with van der Waals surface area (Å²) in [5, 5.41) is 0.702. The fourth-order valence-corrected chi connectivity index (χ4v) is 6.55. The lowest BCUT2D eigenvalue weighted by Crippen LogP contribution is -2.43. The molecule has 1 aromatic heterocycles. The number of piperidine rings is 1. The van der Waals surface area contributed by atoms with Crippen molar-refractivity contribution in [3.05, 3.63) is 77.1 Å². The Bertz CT molecular complexity index is 1260. The second-order valence-electron chi connectivity index (χ2n) is 10.8. The number of carbonyl (C=O) groups excluding carboxylic acids is 1. The van der Waals surface area contributed by atoms with Crippen molar-refractivity contribution in [2.45, 2.75) is 38.1 Å². The van der Waals surface area contributed by atoms with Crippen LogP contribution in [0, 0.1) is 5.92 Å². The first-order chi connectivity index (χ1) is 19.6.